The van der Waals surface area contributed by atoms with Crippen LogP contribution in [0.3, 0.4) is 0 Å². The maximum atomic E-state index is 12.2. The van der Waals surface area contributed by atoms with Gasteiger partial charge in [-0.3, -0.25) is 13.8 Å². The molecule has 2 atom stereocenters. The Bertz CT molecular complexity index is 556. The van der Waals surface area contributed by atoms with Gasteiger partial charge in [0.1, 0.15) is 6.04 Å². The second-order valence-corrected chi connectivity index (χ2v) is 7.60. The minimum Gasteiger partial charge on any atom is -0.368 e. The van der Waals surface area contributed by atoms with Gasteiger partial charge in [-0.05, 0) is 37.3 Å². The molecular weight excluding hydrogens is 312 g/mol. The van der Waals surface area contributed by atoms with Crippen LogP contribution in [0.15, 0.2) is 35.2 Å². The number of carbonyl (C=O) groups excluding carboxylic acids is 2. The van der Waals surface area contributed by atoms with Gasteiger partial charge in [0.15, 0.2) is 0 Å². The van der Waals surface area contributed by atoms with Crippen LogP contribution in [0.4, 0.5) is 0 Å². The van der Waals surface area contributed by atoms with Crippen molar-refractivity contribution in [2.24, 2.45) is 11.7 Å². The number of carbonyl (C=O) groups is 2. The molecule has 5 nitrogen and oxygen atoms in total. The first kappa shape index (κ1) is 17.7. The summed E-state index contributed by atoms with van der Waals surface area (Å²) in [5.41, 5.74) is 5.37. The van der Waals surface area contributed by atoms with E-state index in [1.54, 1.807) is 12.1 Å². The summed E-state index contributed by atoms with van der Waals surface area (Å²) in [6.07, 6.45) is 5.23. The van der Waals surface area contributed by atoms with Gasteiger partial charge in [0.25, 0.3) is 0 Å². The lowest BCUT2D eigenvalue weighted by Crippen LogP contribution is -2.45. The van der Waals surface area contributed by atoms with E-state index >= 15 is 0 Å². The summed E-state index contributed by atoms with van der Waals surface area (Å²) < 4.78 is 12.2. The van der Waals surface area contributed by atoms with Gasteiger partial charge in [-0.2, -0.15) is 0 Å². The smallest absolute Gasteiger partial charge is 0.240 e. The van der Waals surface area contributed by atoms with Gasteiger partial charge in [-0.1, -0.05) is 31.0 Å². The van der Waals surface area contributed by atoms with Gasteiger partial charge in [0.2, 0.25) is 11.8 Å². The number of primary amides is 1. The van der Waals surface area contributed by atoms with Crippen molar-refractivity contribution in [1.82, 2.24) is 5.32 Å². The minimum absolute atomic E-state index is 0.133. The molecule has 6 heteroatoms. The Morgan fingerprint density at radius 2 is 1.87 bits per heavy atom. The van der Waals surface area contributed by atoms with Gasteiger partial charge in [-0.15, -0.1) is 0 Å². The van der Waals surface area contributed by atoms with Crippen molar-refractivity contribution in [1.29, 1.82) is 0 Å². The molecule has 0 heterocycles. The molecule has 2 amide bonds. The fourth-order valence-electron chi connectivity index (χ4n) is 2.93. The second-order valence-electron chi connectivity index (χ2n) is 6.03. The predicted molar refractivity (Wildman–Crippen MR) is 90.0 cm³/mol. The Balaban J connectivity index is 1.82. The lowest BCUT2D eigenvalue weighted by atomic mass is 10.0. The van der Waals surface area contributed by atoms with E-state index in [9.17, 15) is 13.8 Å². The zero-order valence-electron chi connectivity index (χ0n) is 13.2. The zero-order chi connectivity index (χ0) is 16.7. The molecule has 126 valence electrons. The van der Waals surface area contributed by atoms with E-state index in [4.69, 9.17) is 5.73 Å². The van der Waals surface area contributed by atoms with E-state index in [2.05, 4.69) is 5.32 Å². The Labute approximate surface area is 139 Å². The van der Waals surface area contributed by atoms with Crippen LogP contribution in [0.2, 0.25) is 0 Å². The molecule has 1 saturated carbocycles. The molecule has 0 aliphatic heterocycles. The number of benzene rings is 1. The number of hydrogen-bond acceptors (Lipinski definition) is 3. The maximum absolute atomic E-state index is 12.2. The van der Waals surface area contributed by atoms with E-state index < -0.39 is 22.7 Å². The molecule has 1 aliphatic rings. The highest BCUT2D eigenvalue weighted by Crippen LogP contribution is 2.27. The molecule has 0 spiro atoms. The number of nitrogens with two attached hydrogens (primary N) is 1. The Morgan fingerprint density at radius 1 is 1.22 bits per heavy atom. The molecule has 1 aromatic carbocycles. The predicted octanol–water partition coefficient (Wildman–Crippen LogP) is 1.73. The largest absolute Gasteiger partial charge is 0.368 e. The highest BCUT2D eigenvalue weighted by atomic mass is 32.2. The fourth-order valence-corrected chi connectivity index (χ4v) is 4.08. The van der Waals surface area contributed by atoms with Crippen LogP contribution in [0, 0.1) is 5.92 Å². The summed E-state index contributed by atoms with van der Waals surface area (Å²) in [7, 11) is -1.20. The first-order valence-corrected chi connectivity index (χ1v) is 9.40. The van der Waals surface area contributed by atoms with Crippen LogP contribution < -0.4 is 11.1 Å². The number of nitrogens with one attached hydrogen (secondary N) is 1. The van der Waals surface area contributed by atoms with Gasteiger partial charge < -0.3 is 11.1 Å². The van der Waals surface area contributed by atoms with Crippen LogP contribution in [0.5, 0.6) is 0 Å². The standard InChI is InChI=1S/C17H24N2O3S/c18-17(21)15(19-16(20)12-13-6-4-5-7-13)10-11-23(22)14-8-2-1-3-9-14/h1-3,8-9,13,15H,4-7,10-12H2,(H2,18,21)(H,19,20)/t15-,23-/m0/s1. The summed E-state index contributed by atoms with van der Waals surface area (Å²) in [5.74, 6) is 0.00410. The lowest BCUT2D eigenvalue weighted by molar-refractivity contribution is -0.127. The Morgan fingerprint density at radius 3 is 2.48 bits per heavy atom. The molecule has 0 unspecified atom stereocenters. The SMILES string of the molecule is NC(=O)[C@H](CC[S@](=O)c1ccccc1)NC(=O)CC1CCCC1. The quantitative estimate of drug-likeness (QED) is 0.758. The summed E-state index contributed by atoms with van der Waals surface area (Å²) in [4.78, 5) is 24.3. The maximum Gasteiger partial charge on any atom is 0.240 e. The number of hydrogen-bond donors (Lipinski definition) is 2. The van der Waals surface area contributed by atoms with Crippen LogP contribution >= 0.6 is 0 Å². The van der Waals surface area contributed by atoms with E-state index in [1.807, 2.05) is 18.2 Å². The topological polar surface area (TPSA) is 89.3 Å². The van der Waals surface area contributed by atoms with Crippen LogP contribution in [-0.4, -0.2) is 27.8 Å². The Kier molecular flexibility index (Phi) is 6.77. The molecule has 0 saturated heterocycles. The molecule has 23 heavy (non-hydrogen) atoms. The van der Waals surface area contributed by atoms with Crippen molar-refractivity contribution in [3.63, 3.8) is 0 Å². The Hall–Kier alpha value is -1.69. The highest BCUT2D eigenvalue weighted by molar-refractivity contribution is 7.85. The van der Waals surface area contributed by atoms with E-state index in [0.717, 1.165) is 12.8 Å². The normalized spacial score (nSPS) is 17.6. The molecule has 0 bridgehead atoms. The molecule has 1 aliphatic carbocycles. The van der Waals surface area contributed by atoms with Crippen molar-refractivity contribution >= 4 is 22.6 Å². The molecule has 0 aromatic heterocycles. The highest BCUT2D eigenvalue weighted by Gasteiger charge is 2.23. The number of rotatable bonds is 8. The minimum atomic E-state index is -1.20. The van der Waals surface area contributed by atoms with Crippen LogP contribution in [-0.2, 0) is 20.4 Å². The molecule has 1 aromatic rings. The lowest BCUT2D eigenvalue weighted by Gasteiger charge is -2.17. The number of amides is 2. The third kappa shape index (κ3) is 5.78. The summed E-state index contributed by atoms with van der Waals surface area (Å²) in [6, 6.07) is 8.32. The summed E-state index contributed by atoms with van der Waals surface area (Å²) in [5, 5.41) is 2.70. The average Bonchev–Trinajstić information content (AvgIpc) is 3.04. The summed E-state index contributed by atoms with van der Waals surface area (Å²) in [6.45, 7) is 0. The summed E-state index contributed by atoms with van der Waals surface area (Å²) >= 11 is 0. The van der Waals surface area contributed by atoms with E-state index in [1.165, 1.54) is 12.8 Å². The van der Waals surface area contributed by atoms with Crippen molar-refractivity contribution < 1.29 is 13.8 Å². The van der Waals surface area contributed by atoms with Crippen molar-refractivity contribution in [3.05, 3.63) is 30.3 Å². The zero-order valence-corrected chi connectivity index (χ0v) is 14.0. The third-order valence-electron chi connectivity index (χ3n) is 4.23. The van der Waals surface area contributed by atoms with Crippen molar-refractivity contribution in [2.75, 3.05) is 5.75 Å². The molecular formula is C17H24N2O3S. The van der Waals surface area contributed by atoms with Gasteiger partial charge in [-0.25, -0.2) is 0 Å². The first-order chi connectivity index (χ1) is 11.1. The second kappa shape index (κ2) is 8.82. The average molecular weight is 336 g/mol. The first-order valence-electron chi connectivity index (χ1n) is 8.08. The van der Waals surface area contributed by atoms with Crippen LogP contribution in [0.25, 0.3) is 0 Å². The van der Waals surface area contributed by atoms with Crippen molar-refractivity contribution in [2.45, 2.75) is 49.5 Å². The monoisotopic (exact) mass is 336 g/mol. The molecule has 3 N–H and O–H groups in total. The van der Waals surface area contributed by atoms with Gasteiger partial charge >= 0.3 is 0 Å². The molecule has 1 fully saturated rings. The third-order valence-corrected chi connectivity index (χ3v) is 5.63. The molecule has 0 radical (unpaired) electrons. The van der Waals surface area contributed by atoms with Gasteiger partial charge in [0.05, 0.1) is 10.8 Å². The molecule has 2 rings (SSSR count). The van der Waals surface area contributed by atoms with Gasteiger partial charge in [0, 0.05) is 17.1 Å². The van der Waals surface area contributed by atoms with Crippen molar-refractivity contribution in [3.8, 4) is 0 Å². The van der Waals surface area contributed by atoms with Crippen LogP contribution in [0.1, 0.15) is 38.5 Å². The van der Waals surface area contributed by atoms with E-state index in [-0.39, 0.29) is 12.3 Å². The fraction of sp³-hybridized carbons (Fsp3) is 0.529. The van der Waals surface area contributed by atoms with E-state index in [0.29, 0.717) is 23.0 Å².